The van der Waals surface area contributed by atoms with E-state index < -0.39 is 11.6 Å². The van der Waals surface area contributed by atoms with Crippen LogP contribution in [0.15, 0.2) is 35.5 Å². The third-order valence-electron chi connectivity index (χ3n) is 4.56. The Hall–Kier alpha value is -2.21. The SMILES string of the molecule is CCC1=NO[C@H](C(=O)N2C(=O)CC(C)(C)N2Cc2ccccc2)C1. The first-order chi connectivity index (χ1) is 11.4. The maximum atomic E-state index is 12.9. The average molecular weight is 329 g/mol. The van der Waals surface area contributed by atoms with Gasteiger partial charge in [0.05, 0.1) is 5.71 Å². The van der Waals surface area contributed by atoms with Gasteiger partial charge in [-0.3, -0.25) is 9.59 Å². The Kier molecular flexibility index (Phi) is 4.41. The van der Waals surface area contributed by atoms with Crippen LogP contribution in [0.2, 0.25) is 0 Å². The second kappa shape index (κ2) is 6.36. The Morgan fingerprint density at radius 2 is 2.04 bits per heavy atom. The van der Waals surface area contributed by atoms with Gasteiger partial charge in [0, 0.05) is 24.9 Å². The van der Waals surface area contributed by atoms with Crippen molar-refractivity contribution in [3.63, 3.8) is 0 Å². The van der Waals surface area contributed by atoms with Crippen molar-refractivity contribution in [2.75, 3.05) is 0 Å². The summed E-state index contributed by atoms with van der Waals surface area (Å²) in [7, 11) is 0. The van der Waals surface area contributed by atoms with Crippen molar-refractivity contribution in [1.29, 1.82) is 0 Å². The average Bonchev–Trinajstić information content (AvgIpc) is 3.11. The lowest BCUT2D eigenvalue weighted by molar-refractivity contribution is -0.169. The zero-order valence-corrected chi connectivity index (χ0v) is 14.4. The van der Waals surface area contributed by atoms with Gasteiger partial charge in [0.25, 0.3) is 5.91 Å². The molecule has 1 atom stereocenters. The fourth-order valence-electron chi connectivity index (χ4n) is 3.13. The van der Waals surface area contributed by atoms with Gasteiger partial charge >= 0.3 is 0 Å². The van der Waals surface area contributed by atoms with E-state index in [1.165, 1.54) is 5.01 Å². The molecule has 0 aliphatic carbocycles. The van der Waals surface area contributed by atoms with E-state index in [1.54, 1.807) is 0 Å². The first-order valence-corrected chi connectivity index (χ1v) is 8.32. The highest BCUT2D eigenvalue weighted by atomic mass is 16.6. The molecule has 1 aromatic carbocycles. The molecule has 2 heterocycles. The molecule has 24 heavy (non-hydrogen) atoms. The molecule has 2 aliphatic rings. The summed E-state index contributed by atoms with van der Waals surface area (Å²) in [5, 5.41) is 7.05. The maximum absolute atomic E-state index is 12.9. The number of oxime groups is 1. The van der Waals surface area contributed by atoms with Crippen LogP contribution in [0.1, 0.15) is 45.6 Å². The van der Waals surface area contributed by atoms with E-state index in [9.17, 15) is 9.59 Å². The van der Waals surface area contributed by atoms with E-state index in [-0.39, 0.29) is 11.8 Å². The summed E-state index contributed by atoms with van der Waals surface area (Å²) >= 11 is 0. The first kappa shape index (κ1) is 16.6. The summed E-state index contributed by atoms with van der Waals surface area (Å²) in [6.07, 6.45) is 0.811. The molecule has 1 saturated heterocycles. The van der Waals surface area contributed by atoms with Crippen LogP contribution < -0.4 is 0 Å². The highest BCUT2D eigenvalue weighted by Crippen LogP contribution is 2.33. The van der Waals surface area contributed by atoms with Crippen molar-refractivity contribution in [3.05, 3.63) is 35.9 Å². The third-order valence-corrected chi connectivity index (χ3v) is 4.56. The molecule has 128 valence electrons. The molecule has 3 rings (SSSR count). The number of rotatable bonds is 4. The molecule has 0 bridgehead atoms. The summed E-state index contributed by atoms with van der Waals surface area (Å²) < 4.78 is 0. The number of amides is 2. The van der Waals surface area contributed by atoms with Crippen LogP contribution in [0, 0.1) is 0 Å². The minimum absolute atomic E-state index is 0.186. The van der Waals surface area contributed by atoms with E-state index in [4.69, 9.17) is 4.84 Å². The van der Waals surface area contributed by atoms with Crippen LogP contribution in [-0.4, -0.2) is 39.2 Å². The van der Waals surface area contributed by atoms with Crippen molar-refractivity contribution in [1.82, 2.24) is 10.0 Å². The van der Waals surface area contributed by atoms with Crippen LogP contribution in [-0.2, 0) is 21.0 Å². The number of hydrogen-bond acceptors (Lipinski definition) is 5. The van der Waals surface area contributed by atoms with E-state index in [2.05, 4.69) is 5.16 Å². The maximum Gasteiger partial charge on any atom is 0.288 e. The van der Waals surface area contributed by atoms with Crippen molar-refractivity contribution < 1.29 is 14.4 Å². The lowest BCUT2D eigenvalue weighted by Crippen LogP contribution is -2.52. The molecule has 1 aromatic rings. The summed E-state index contributed by atoms with van der Waals surface area (Å²) in [5.74, 6) is -0.511. The topological polar surface area (TPSA) is 62.2 Å². The van der Waals surface area contributed by atoms with Crippen LogP contribution >= 0.6 is 0 Å². The smallest absolute Gasteiger partial charge is 0.288 e. The standard InChI is InChI=1S/C18H23N3O3/c1-4-14-10-15(24-19-14)17(23)21-16(22)11-18(2,3)20(21)12-13-8-6-5-7-9-13/h5-9,15H,4,10-12H2,1-3H3/t15-/m0/s1. The highest BCUT2D eigenvalue weighted by Gasteiger charge is 2.49. The predicted molar refractivity (Wildman–Crippen MR) is 89.8 cm³/mol. The largest absolute Gasteiger partial charge is 0.382 e. The molecule has 1 fully saturated rings. The van der Waals surface area contributed by atoms with Gasteiger partial charge in [-0.1, -0.05) is 42.4 Å². The van der Waals surface area contributed by atoms with Gasteiger partial charge in [-0.25, -0.2) is 10.0 Å². The van der Waals surface area contributed by atoms with Gasteiger partial charge in [-0.2, -0.15) is 0 Å². The Morgan fingerprint density at radius 1 is 1.33 bits per heavy atom. The second-order valence-corrected chi connectivity index (χ2v) is 6.89. The minimum atomic E-state index is -0.698. The monoisotopic (exact) mass is 329 g/mol. The Morgan fingerprint density at radius 3 is 2.67 bits per heavy atom. The zero-order chi connectivity index (χ0) is 17.3. The van der Waals surface area contributed by atoms with Gasteiger partial charge in [0.2, 0.25) is 12.0 Å². The molecule has 0 aromatic heterocycles. The molecule has 0 spiro atoms. The quantitative estimate of drug-likeness (QED) is 0.796. The number of hydrogen-bond donors (Lipinski definition) is 0. The molecule has 2 aliphatic heterocycles. The molecule has 2 amide bonds. The third kappa shape index (κ3) is 3.06. The molecule has 6 heteroatoms. The van der Waals surface area contributed by atoms with Gasteiger partial charge in [0.15, 0.2) is 0 Å². The predicted octanol–water partition coefficient (Wildman–Crippen LogP) is 2.50. The number of nitrogens with zero attached hydrogens (tertiary/aromatic N) is 3. The number of carbonyl (C=O) groups excluding carboxylic acids is 2. The van der Waals surface area contributed by atoms with Crippen molar-refractivity contribution in [3.8, 4) is 0 Å². The number of hydrazine groups is 1. The van der Waals surface area contributed by atoms with E-state index in [0.717, 1.165) is 17.7 Å². The fourth-order valence-corrected chi connectivity index (χ4v) is 3.13. The molecule has 0 unspecified atom stereocenters. The lowest BCUT2D eigenvalue weighted by Gasteiger charge is -2.35. The normalized spacial score (nSPS) is 23.3. The summed E-state index contributed by atoms with van der Waals surface area (Å²) in [4.78, 5) is 30.6. The van der Waals surface area contributed by atoms with Crippen LogP contribution in [0.5, 0.6) is 0 Å². The number of benzene rings is 1. The van der Waals surface area contributed by atoms with E-state index >= 15 is 0 Å². The Bertz CT molecular complexity index is 669. The lowest BCUT2D eigenvalue weighted by atomic mass is 10.0. The van der Waals surface area contributed by atoms with Crippen molar-refractivity contribution >= 4 is 17.5 Å². The van der Waals surface area contributed by atoms with Crippen LogP contribution in [0.25, 0.3) is 0 Å². The second-order valence-electron chi connectivity index (χ2n) is 6.89. The van der Waals surface area contributed by atoms with Gasteiger partial charge < -0.3 is 4.84 Å². The molecule has 0 N–H and O–H groups in total. The molecular weight excluding hydrogens is 306 g/mol. The molecular formula is C18H23N3O3. The number of carbonyl (C=O) groups is 2. The van der Waals surface area contributed by atoms with Gasteiger partial charge in [-0.15, -0.1) is 0 Å². The first-order valence-electron chi connectivity index (χ1n) is 8.32. The van der Waals surface area contributed by atoms with Crippen LogP contribution in [0.3, 0.4) is 0 Å². The number of imide groups is 1. The fraction of sp³-hybridized carbons (Fsp3) is 0.500. The highest BCUT2D eigenvalue weighted by molar-refractivity contribution is 6.01. The molecule has 0 saturated carbocycles. The van der Waals surface area contributed by atoms with Crippen molar-refractivity contribution in [2.24, 2.45) is 5.16 Å². The summed E-state index contributed by atoms with van der Waals surface area (Å²) in [6.45, 7) is 6.43. The van der Waals surface area contributed by atoms with Gasteiger partial charge in [0.1, 0.15) is 0 Å². The van der Waals surface area contributed by atoms with E-state index in [1.807, 2.05) is 56.1 Å². The summed E-state index contributed by atoms with van der Waals surface area (Å²) in [5.41, 5.74) is 1.49. The molecule has 6 nitrogen and oxygen atoms in total. The molecule has 0 radical (unpaired) electrons. The van der Waals surface area contributed by atoms with Crippen molar-refractivity contribution in [2.45, 2.75) is 58.2 Å². The Balaban J connectivity index is 1.81. The van der Waals surface area contributed by atoms with Crippen LogP contribution in [0.4, 0.5) is 0 Å². The summed E-state index contributed by atoms with van der Waals surface area (Å²) in [6, 6.07) is 9.84. The zero-order valence-electron chi connectivity index (χ0n) is 14.4. The van der Waals surface area contributed by atoms with Gasteiger partial charge in [-0.05, 0) is 25.8 Å². The Labute approximate surface area is 142 Å². The van der Waals surface area contributed by atoms with E-state index in [0.29, 0.717) is 19.4 Å². The minimum Gasteiger partial charge on any atom is -0.382 e.